The van der Waals surface area contributed by atoms with Crippen LogP contribution in [0.1, 0.15) is 26.7 Å². The van der Waals surface area contributed by atoms with Gasteiger partial charge in [0.1, 0.15) is 5.75 Å². The van der Waals surface area contributed by atoms with Gasteiger partial charge in [0.05, 0.1) is 23.0 Å². The van der Waals surface area contributed by atoms with Crippen LogP contribution in [-0.4, -0.2) is 51.6 Å². The maximum absolute atomic E-state index is 12.6. The molecule has 0 aromatic heterocycles. The molecule has 6 nitrogen and oxygen atoms in total. The molecule has 8 heteroatoms. The van der Waals surface area contributed by atoms with Gasteiger partial charge in [-0.05, 0) is 68.3 Å². The van der Waals surface area contributed by atoms with Crippen molar-refractivity contribution in [2.45, 2.75) is 47.8 Å². The molecule has 2 aromatic rings. The lowest BCUT2D eigenvalue weighted by atomic mass is 10.0. The molecule has 1 aliphatic rings. The highest BCUT2D eigenvalue weighted by Gasteiger charge is 2.24. The SMILES string of the molecule is CCS(=O)(=O)c1ccc(N2CCC(NC(=O)C(C)Sc3ccc(OC)cc3)CC2)cc1. The minimum atomic E-state index is -3.18. The van der Waals surface area contributed by atoms with Crippen LogP contribution in [-0.2, 0) is 14.6 Å². The first kappa shape index (κ1) is 23.5. The summed E-state index contributed by atoms with van der Waals surface area (Å²) in [4.78, 5) is 16.3. The number of nitrogens with zero attached hydrogens (tertiary/aromatic N) is 1. The van der Waals surface area contributed by atoms with Crippen molar-refractivity contribution in [3.63, 3.8) is 0 Å². The minimum Gasteiger partial charge on any atom is -0.497 e. The van der Waals surface area contributed by atoms with Crippen LogP contribution in [0.3, 0.4) is 0 Å². The summed E-state index contributed by atoms with van der Waals surface area (Å²) in [6, 6.07) is 15.0. The van der Waals surface area contributed by atoms with Crippen LogP contribution in [0, 0.1) is 0 Å². The quantitative estimate of drug-likeness (QED) is 0.602. The maximum atomic E-state index is 12.6. The molecule has 0 bridgehead atoms. The van der Waals surface area contributed by atoms with Gasteiger partial charge in [-0.3, -0.25) is 4.79 Å². The van der Waals surface area contributed by atoms with E-state index in [1.165, 1.54) is 11.8 Å². The second-order valence-electron chi connectivity index (χ2n) is 7.60. The average Bonchev–Trinajstić information content (AvgIpc) is 2.80. The Morgan fingerprint density at radius 3 is 2.29 bits per heavy atom. The summed E-state index contributed by atoms with van der Waals surface area (Å²) >= 11 is 1.53. The zero-order valence-corrected chi connectivity index (χ0v) is 19.8. The van der Waals surface area contributed by atoms with Crippen molar-refractivity contribution in [1.29, 1.82) is 0 Å². The number of ether oxygens (including phenoxy) is 1. The van der Waals surface area contributed by atoms with Crippen LogP contribution in [0.15, 0.2) is 58.3 Å². The third-order valence-electron chi connectivity index (χ3n) is 5.52. The van der Waals surface area contributed by atoms with E-state index < -0.39 is 9.84 Å². The Bertz CT molecular complexity index is 968. The standard InChI is InChI=1S/C23H30N2O4S2/c1-4-31(27,28)22-11-5-19(6-12-22)25-15-13-18(14-16-25)24-23(26)17(2)30-21-9-7-20(29-3)8-10-21/h5-12,17-18H,4,13-16H2,1-3H3,(H,24,26). The molecule has 1 N–H and O–H groups in total. The summed E-state index contributed by atoms with van der Waals surface area (Å²) in [6.07, 6.45) is 1.72. The normalized spacial score (nSPS) is 16.0. The van der Waals surface area contributed by atoms with E-state index in [0.29, 0.717) is 4.90 Å². The lowest BCUT2D eigenvalue weighted by molar-refractivity contribution is -0.121. The van der Waals surface area contributed by atoms with Crippen molar-refractivity contribution in [2.24, 2.45) is 0 Å². The van der Waals surface area contributed by atoms with Crippen LogP contribution >= 0.6 is 11.8 Å². The van der Waals surface area contributed by atoms with E-state index in [2.05, 4.69) is 10.2 Å². The lowest BCUT2D eigenvalue weighted by Gasteiger charge is -2.34. The van der Waals surface area contributed by atoms with Gasteiger partial charge in [-0.15, -0.1) is 11.8 Å². The Morgan fingerprint density at radius 2 is 1.74 bits per heavy atom. The Morgan fingerprint density at radius 1 is 1.13 bits per heavy atom. The molecule has 0 saturated carbocycles. The van der Waals surface area contributed by atoms with Crippen LogP contribution in [0.2, 0.25) is 0 Å². The van der Waals surface area contributed by atoms with Crippen molar-refractivity contribution < 1.29 is 17.9 Å². The molecular formula is C23H30N2O4S2. The molecule has 31 heavy (non-hydrogen) atoms. The first-order chi connectivity index (χ1) is 14.8. The van der Waals surface area contributed by atoms with Gasteiger partial charge in [0.15, 0.2) is 9.84 Å². The van der Waals surface area contributed by atoms with Crippen molar-refractivity contribution in [3.8, 4) is 5.75 Å². The molecule has 1 atom stereocenters. The monoisotopic (exact) mass is 462 g/mol. The fourth-order valence-electron chi connectivity index (χ4n) is 3.54. The number of rotatable bonds is 8. The fraction of sp³-hybridized carbons (Fsp3) is 0.435. The molecule has 1 unspecified atom stereocenters. The smallest absolute Gasteiger partial charge is 0.233 e. The van der Waals surface area contributed by atoms with Gasteiger partial charge < -0.3 is 15.0 Å². The van der Waals surface area contributed by atoms with Crippen LogP contribution in [0.5, 0.6) is 5.75 Å². The summed E-state index contributed by atoms with van der Waals surface area (Å²) in [5.41, 5.74) is 1.02. The molecule has 1 fully saturated rings. The molecule has 1 aliphatic heterocycles. The topological polar surface area (TPSA) is 75.7 Å². The van der Waals surface area contributed by atoms with Gasteiger partial charge in [0, 0.05) is 29.7 Å². The van der Waals surface area contributed by atoms with E-state index in [1.807, 2.05) is 43.3 Å². The highest BCUT2D eigenvalue weighted by atomic mass is 32.2. The highest BCUT2D eigenvalue weighted by Crippen LogP contribution is 2.26. The molecule has 0 radical (unpaired) electrons. The van der Waals surface area contributed by atoms with Crippen LogP contribution < -0.4 is 15.0 Å². The summed E-state index contributed by atoms with van der Waals surface area (Å²) in [7, 11) is -1.54. The largest absolute Gasteiger partial charge is 0.497 e. The van der Waals surface area contributed by atoms with E-state index in [1.54, 1.807) is 26.2 Å². The minimum absolute atomic E-state index is 0.0494. The number of methoxy groups -OCH3 is 1. The molecular weight excluding hydrogens is 432 g/mol. The van der Waals surface area contributed by atoms with E-state index in [9.17, 15) is 13.2 Å². The summed E-state index contributed by atoms with van der Waals surface area (Å²) in [5, 5.41) is 3.00. The number of benzene rings is 2. The van der Waals surface area contributed by atoms with Gasteiger partial charge in [-0.25, -0.2) is 8.42 Å². The molecule has 1 amide bonds. The lowest BCUT2D eigenvalue weighted by Crippen LogP contribution is -2.46. The zero-order valence-electron chi connectivity index (χ0n) is 18.2. The first-order valence-corrected chi connectivity index (χ1v) is 13.0. The Hall–Kier alpha value is -2.19. The zero-order chi connectivity index (χ0) is 22.4. The predicted molar refractivity (Wildman–Crippen MR) is 126 cm³/mol. The molecule has 3 rings (SSSR count). The third-order valence-corrected chi connectivity index (χ3v) is 8.39. The first-order valence-electron chi connectivity index (χ1n) is 10.5. The number of carbonyl (C=O) groups excluding carboxylic acids is 1. The average molecular weight is 463 g/mol. The Labute approximate surface area is 189 Å². The van der Waals surface area contributed by atoms with Crippen molar-refractivity contribution in [1.82, 2.24) is 5.32 Å². The number of carbonyl (C=O) groups is 1. The van der Waals surface area contributed by atoms with Gasteiger partial charge in [0.25, 0.3) is 0 Å². The number of sulfone groups is 1. The number of amides is 1. The number of anilines is 1. The molecule has 1 saturated heterocycles. The Kier molecular flexibility index (Phi) is 7.89. The number of piperidine rings is 1. The van der Waals surface area contributed by atoms with Gasteiger partial charge in [-0.1, -0.05) is 6.92 Å². The summed E-state index contributed by atoms with van der Waals surface area (Å²) in [6.45, 7) is 5.22. The molecule has 2 aromatic carbocycles. The second-order valence-corrected chi connectivity index (χ2v) is 11.3. The van der Waals surface area contributed by atoms with Gasteiger partial charge >= 0.3 is 0 Å². The number of thioether (sulfide) groups is 1. The Balaban J connectivity index is 1.48. The number of hydrogen-bond donors (Lipinski definition) is 1. The molecule has 168 valence electrons. The molecule has 0 spiro atoms. The van der Waals surface area contributed by atoms with E-state index >= 15 is 0 Å². The van der Waals surface area contributed by atoms with Crippen LogP contribution in [0.25, 0.3) is 0 Å². The number of hydrogen-bond acceptors (Lipinski definition) is 6. The number of nitrogens with one attached hydrogen (secondary N) is 1. The van der Waals surface area contributed by atoms with Gasteiger partial charge in [-0.2, -0.15) is 0 Å². The maximum Gasteiger partial charge on any atom is 0.233 e. The third kappa shape index (κ3) is 6.17. The van der Waals surface area contributed by atoms with E-state index in [4.69, 9.17) is 4.74 Å². The van der Waals surface area contributed by atoms with E-state index in [-0.39, 0.29) is 23.0 Å². The van der Waals surface area contributed by atoms with Crippen LogP contribution in [0.4, 0.5) is 5.69 Å². The second kappa shape index (κ2) is 10.4. The predicted octanol–water partition coefficient (Wildman–Crippen LogP) is 3.75. The van der Waals surface area contributed by atoms with Crippen molar-refractivity contribution in [2.75, 3.05) is 30.9 Å². The van der Waals surface area contributed by atoms with Gasteiger partial charge in [0.2, 0.25) is 5.91 Å². The molecule has 0 aliphatic carbocycles. The summed E-state index contributed by atoms with van der Waals surface area (Å²) in [5.74, 6) is 0.954. The highest BCUT2D eigenvalue weighted by molar-refractivity contribution is 8.00. The molecule has 1 heterocycles. The summed E-state index contributed by atoms with van der Waals surface area (Å²) < 4.78 is 29.1. The fourth-order valence-corrected chi connectivity index (χ4v) is 5.30. The van der Waals surface area contributed by atoms with Crippen molar-refractivity contribution >= 4 is 33.2 Å². The van der Waals surface area contributed by atoms with E-state index in [0.717, 1.165) is 42.3 Å². The van der Waals surface area contributed by atoms with Crippen molar-refractivity contribution in [3.05, 3.63) is 48.5 Å².